The van der Waals surface area contributed by atoms with Crippen molar-refractivity contribution in [3.63, 3.8) is 0 Å². The van der Waals surface area contributed by atoms with Gasteiger partial charge in [-0.2, -0.15) is 0 Å². The van der Waals surface area contributed by atoms with Gasteiger partial charge in [0.15, 0.2) is 24.0 Å². The molecule has 1 amide bonds. The second kappa shape index (κ2) is 5.09. The van der Waals surface area contributed by atoms with Gasteiger partial charge < -0.3 is 19.3 Å². The van der Waals surface area contributed by atoms with Crippen LogP contribution in [0.4, 0.5) is 0 Å². The van der Waals surface area contributed by atoms with Crippen molar-refractivity contribution >= 4 is 12.2 Å². The first-order valence-corrected chi connectivity index (χ1v) is 6.19. The van der Waals surface area contributed by atoms with E-state index in [-0.39, 0.29) is 23.8 Å². The first kappa shape index (κ1) is 14.3. The Hall–Kier alpha value is -2.15. The van der Waals surface area contributed by atoms with Crippen molar-refractivity contribution in [2.75, 3.05) is 7.11 Å². The van der Waals surface area contributed by atoms with Crippen LogP contribution >= 0.6 is 0 Å². The Balaban J connectivity index is 2.66. The molecule has 1 aliphatic rings. The zero-order valence-electron chi connectivity index (χ0n) is 11.5. The second-order valence-corrected chi connectivity index (χ2v) is 4.88. The number of hydrogen-bond acceptors (Lipinski definition) is 5. The number of ether oxygens (including phenoxy) is 1. The summed E-state index contributed by atoms with van der Waals surface area (Å²) in [7, 11) is 1.47. The third kappa shape index (κ3) is 2.00. The summed E-state index contributed by atoms with van der Waals surface area (Å²) in [6.45, 7) is 3.87. The molecule has 1 N–H and O–H groups in total. The summed E-state index contributed by atoms with van der Waals surface area (Å²) in [6.07, 6.45) is 1.11. The number of methoxy groups -OCH3 is 1. The Labute approximate surface area is 115 Å². The third-order valence-corrected chi connectivity index (χ3v) is 3.34. The molecule has 7 heteroatoms. The van der Waals surface area contributed by atoms with Crippen molar-refractivity contribution in [1.29, 1.82) is 0 Å². The second-order valence-electron chi connectivity index (χ2n) is 4.88. The van der Waals surface area contributed by atoms with Gasteiger partial charge in [-0.25, -0.2) is 0 Å². The fraction of sp³-hybridized carbons (Fsp3) is 0.462. The monoisotopic (exact) mass is 280 g/mol. The molecule has 108 valence electrons. The summed E-state index contributed by atoms with van der Waals surface area (Å²) in [6, 6.07) is -0.151. The van der Waals surface area contributed by atoms with Crippen molar-refractivity contribution in [2.45, 2.75) is 32.7 Å². The van der Waals surface area contributed by atoms with Gasteiger partial charge in [0.2, 0.25) is 5.43 Å². The minimum Gasteiger partial charge on any atom is -0.503 e. The predicted molar refractivity (Wildman–Crippen MR) is 69.9 cm³/mol. The van der Waals surface area contributed by atoms with Crippen LogP contribution in [0.3, 0.4) is 0 Å². The number of pyridine rings is 1. The van der Waals surface area contributed by atoms with Crippen LogP contribution < -0.4 is 5.43 Å². The van der Waals surface area contributed by atoms with Crippen LogP contribution in [0.15, 0.2) is 11.0 Å². The molecule has 2 heterocycles. The number of hydrogen-bond donors (Lipinski definition) is 1. The van der Waals surface area contributed by atoms with Crippen LogP contribution in [0.5, 0.6) is 5.75 Å². The van der Waals surface area contributed by atoms with E-state index in [1.807, 2.05) is 13.8 Å². The molecule has 1 aromatic heterocycles. The molecule has 0 radical (unpaired) electrons. The summed E-state index contributed by atoms with van der Waals surface area (Å²) < 4.78 is 6.66. The van der Waals surface area contributed by atoms with Crippen LogP contribution in [0.25, 0.3) is 0 Å². The summed E-state index contributed by atoms with van der Waals surface area (Å²) in [5.41, 5.74) is -1.13. The first-order chi connectivity index (χ1) is 9.42. The summed E-state index contributed by atoms with van der Waals surface area (Å²) in [4.78, 5) is 36.5. The number of fused-ring (bicyclic) bond motifs is 1. The van der Waals surface area contributed by atoms with Crippen molar-refractivity contribution in [3.05, 3.63) is 27.7 Å². The van der Waals surface area contributed by atoms with E-state index in [4.69, 9.17) is 4.74 Å². The van der Waals surface area contributed by atoms with Crippen molar-refractivity contribution < 1.29 is 19.4 Å². The number of aromatic nitrogens is 1. The zero-order valence-corrected chi connectivity index (χ0v) is 11.5. The standard InChI is InChI=1S/C13H16N2O5/c1-7(2)15-9(20-3)5-14-4-8(6-16)11(17)12(18)10(14)13(15)19/h4,6-7,9,18H,5H2,1-3H3. The molecule has 2 rings (SSSR count). The van der Waals surface area contributed by atoms with Gasteiger partial charge in [-0.05, 0) is 13.8 Å². The number of rotatable bonds is 3. The largest absolute Gasteiger partial charge is 0.503 e. The average molecular weight is 280 g/mol. The van der Waals surface area contributed by atoms with Crippen LogP contribution in [0, 0.1) is 0 Å². The van der Waals surface area contributed by atoms with Crippen LogP contribution in [0.2, 0.25) is 0 Å². The van der Waals surface area contributed by atoms with Crippen LogP contribution in [-0.2, 0) is 11.3 Å². The molecule has 0 spiro atoms. The van der Waals surface area contributed by atoms with Gasteiger partial charge in [-0.1, -0.05) is 0 Å². The summed E-state index contributed by atoms with van der Waals surface area (Å²) in [5, 5.41) is 9.90. The van der Waals surface area contributed by atoms with Crippen LogP contribution in [-0.4, -0.2) is 46.1 Å². The van der Waals surface area contributed by atoms with E-state index in [0.717, 1.165) is 0 Å². The van der Waals surface area contributed by atoms with E-state index >= 15 is 0 Å². The summed E-state index contributed by atoms with van der Waals surface area (Å²) in [5.74, 6) is -1.19. The van der Waals surface area contributed by atoms with E-state index in [1.54, 1.807) is 0 Å². The van der Waals surface area contributed by atoms with Crippen molar-refractivity contribution in [2.24, 2.45) is 0 Å². The number of amides is 1. The van der Waals surface area contributed by atoms with E-state index in [0.29, 0.717) is 6.29 Å². The van der Waals surface area contributed by atoms with Crippen molar-refractivity contribution in [1.82, 2.24) is 9.47 Å². The van der Waals surface area contributed by atoms with Crippen molar-refractivity contribution in [3.8, 4) is 5.75 Å². The van der Waals surface area contributed by atoms with E-state index in [9.17, 15) is 19.5 Å². The molecule has 0 saturated heterocycles. The average Bonchev–Trinajstić information content (AvgIpc) is 2.41. The molecule has 1 aromatic rings. The highest BCUT2D eigenvalue weighted by Crippen LogP contribution is 2.25. The topological polar surface area (TPSA) is 88.8 Å². The number of aromatic hydroxyl groups is 1. The SMILES string of the molecule is COC1Cn2cc(C=O)c(=O)c(O)c2C(=O)N1C(C)C. The number of nitrogens with zero attached hydrogens (tertiary/aromatic N) is 2. The molecular weight excluding hydrogens is 264 g/mol. The quantitative estimate of drug-likeness (QED) is 0.799. The maximum atomic E-state index is 12.4. The third-order valence-electron chi connectivity index (χ3n) is 3.34. The Morgan fingerprint density at radius 3 is 2.60 bits per heavy atom. The molecular formula is C13H16N2O5. The Morgan fingerprint density at radius 1 is 1.45 bits per heavy atom. The molecule has 0 saturated carbocycles. The highest BCUT2D eigenvalue weighted by molar-refractivity contribution is 5.96. The van der Waals surface area contributed by atoms with Gasteiger partial charge in [0.1, 0.15) is 0 Å². The van der Waals surface area contributed by atoms with Gasteiger partial charge in [0.25, 0.3) is 5.91 Å². The predicted octanol–water partition coefficient (Wildman–Crippen LogP) is 0.203. The lowest BCUT2D eigenvalue weighted by Gasteiger charge is -2.39. The number of carbonyl (C=O) groups excluding carboxylic acids is 2. The van der Waals surface area contributed by atoms with Gasteiger partial charge in [-0.15, -0.1) is 0 Å². The Kier molecular flexibility index (Phi) is 3.63. The molecule has 0 bridgehead atoms. The maximum absolute atomic E-state index is 12.4. The van der Waals surface area contributed by atoms with E-state index in [1.165, 1.54) is 22.8 Å². The molecule has 20 heavy (non-hydrogen) atoms. The Morgan fingerprint density at radius 2 is 2.10 bits per heavy atom. The van der Waals surface area contributed by atoms with Crippen LogP contribution in [0.1, 0.15) is 34.7 Å². The molecule has 0 aliphatic carbocycles. The van der Waals surface area contributed by atoms with E-state index < -0.39 is 23.3 Å². The van der Waals surface area contributed by atoms with Gasteiger partial charge >= 0.3 is 0 Å². The summed E-state index contributed by atoms with van der Waals surface area (Å²) >= 11 is 0. The van der Waals surface area contributed by atoms with E-state index in [2.05, 4.69) is 0 Å². The molecule has 1 aliphatic heterocycles. The number of carbonyl (C=O) groups is 2. The first-order valence-electron chi connectivity index (χ1n) is 6.19. The smallest absolute Gasteiger partial charge is 0.276 e. The zero-order chi connectivity index (χ0) is 15.0. The molecule has 0 fully saturated rings. The molecule has 1 unspecified atom stereocenters. The minimum absolute atomic E-state index is 0.109. The van der Waals surface area contributed by atoms with Gasteiger partial charge in [-0.3, -0.25) is 14.4 Å². The normalized spacial score (nSPS) is 18.3. The minimum atomic E-state index is -0.834. The molecule has 1 atom stereocenters. The lowest BCUT2D eigenvalue weighted by atomic mass is 10.1. The van der Waals surface area contributed by atoms with Gasteiger partial charge in [0.05, 0.1) is 12.1 Å². The lowest BCUT2D eigenvalue weighted by Crippen LogP contribution is -2.52. The molecule has 0 aromatic carbocycles. The fourth-order valence-corrected chi connectivity index (χ4v) is 2.39. The lowest BCUT2D eigenvalue weighted by molar-refractivity contribution is -0.0513. The highest BCUT2D eigenvalue weighted by Gasteiger charge is 2.36. The number of aldehydes is 1. The van der Waals surface area contributed by atoms with Gasteiger partial charge in [0, 0.05) is 19.3 Å². The molecule has 7 nitrogen and oxygen atoms in total. The fourth-order valence-electron chi connectivity index (χ4n) is 2.39. The maximum Gasteiger partial charge on any atom is 0.276 e. The Bertz CT molecular complexity index is 620. The highest BCUT2D eigenvalue weighted by atomic mass is 16.5.